The normalized spacial score (nSPS) is 11.6. The summed E-state index contributed by atoms with van der Waals surface area (Å²) < 4.78 is 38.7. The van der Waals surface area contributed by atoms with E-state index in [1.54, 1.807) is 0 Å². The number of halogens is 1. The standard InChI is InChI=1S/C18H18FN5O3S/c1-12-3-5-13(6-4-12)17-21-18(23-22-17)20-16(25)11-24(2)28(26,27)15-9-7-14(19)8-10-15/h3-10H,11H2,1-2H3,(H2,20,21,22,23,25). The van der Waals surface area contributed by atoms with Crippen LogP contribution in [0.2, 0.25) is 0 Å². The molecule has 0 saturated heterocycles. The first-order valence-corrected chi connectivity index (χ1v) is 9.71. The zero-order valence-corrected chi connectivity index (χ0v) is 16.0. The molecule has 1 aromatic heterocycles. The van der Waals surface area contributed by atoms with Crippen molar-refractivity contribution in [1.29, 1.82) is 0 Å². The number of anilines is 1. The van der Waals surface area contributed by atoms with Gasteiger partial charge < -0.3 is 0 Å². The maximum Gasteiger partial charge on any atom is 0.249 e. The number of aryl methyl sites for hydroxylation is 1. The van der Waals surface area contributed by atoms with Gasteiger partial charge in [0.25, 0.3) is 0 Å². The summed E-state index contributed by atoms with van der Waals surface area (Å²) in [5.74, 6) is -0.647. The molecule has 0 unspecified atom stereocenters. The van der Waals surface area contributed by atoms with E-state index in [0.29, 0.717) is 5.82 Å². The van der Waals surface area contributed by atoms with Crippen molar-refractivity contribution in [3.05, 3.63) is 59.9 Å². The predicted octanol–water partition coefficient (Wildman–Crippen LogP) is 2.18. The summed E-state index contributed by atoms with van der Waals surface area (Å²) in [4.78, 5) is 16.2. The number of nitrogens with zero attached hydrogens (tertiary/aromatic N) is 3. The number of hydrogen-bond donors (Lipinski definition) is 2. The average Bonchev–Trinajstić information content (AvgIpc) is 3.10. The smallest absolute Gasteiger partial charge is 0.249 e. The second kappa shape index (κ2) is 7.87. The molecule has 0 aliphatic carbocycles. The fourth-order valence-corrected chi connectivity index (χ4v) is 3.52. The van der Waals surface area contributed by atoms with E-state index in [2.05, 4.69) is 20.5 Å². The lowest BCUT2D eigenvalue weighted by atomic mass is 10.1. The molecule has 146 valence electrons. The van der Waals surface area contributed by atoms with Crippen molar-refractivity contribution in [2.24, 2.45) is 0 Å². The maximum absolute atomic E-state index is 13.0. The van der Waals surface area contributed by atoms with Crippen LogP contribution < -0.4 is 5.32 Å². The van der Waals surface area contributed by atoms with Gasteiger partial charge in [0.05, 0.1) is 11.4 Å². The van der Waals surface area contributed by atoms with Crippen LogP contribution in [0.4, 0.5) is 10.3 Å². The van der Waals surface area contributed by atoms with Crippen molar-refractivity contribution in [3.8, 4) is 11.4 Å². The molecule has 0 aliphatic rings. The number of hydrogen-bond acceptors (Lipinski definition) is 5. The van der Waals surface area contributed by atoms with Gasteiger partial charge in [-0.25, -0.2) is 12.8 Å². The Morgan fingerprint density at radius 2 is 1.79 bits per heavy atom. The van der Waals surface area contributed by atoms with E-state index < -0.39 is 28.3 Å². The Labute approximate surface area is 161 Å². The number of benzene rings is 2. The van der Waals surface area contributed by atoms with Gasteiger partial charge in [-0.3, -0.25) is 15.2 Å². The summed E-state index contributed by atoms with van der Waals surface area (Å²) in [6.07, 6.45) is 0. The average molecular weight is 403 g/mol. The molecule has 0 saturated carbocycles. The molecular formula is C18H18FN5O3S. The van der Waals surface area contributed by atoms with Gasteiger partial charge in [0, 0.05) is 12.6 Å². The van der Waals surface area contributed by atoms with Crippen LogP contribution in [0.25, 0.3) is 11.4 Å². The van der Waals surface area contributed by atoms with Crippen LogP contribution >= 0.6 is 0 Å². The third-order valence-corrected chi connectivity index (χ3v) is 5.77. The molecule has 10 heteroatoms. The van der Waals surface area contributed by atoms with Crippen molar-refractivity contribution in [1.82, 2.24) is 19.5 Å². The molecule has 2 aromatic carbocycles. The number of aromatic nitrogens is 3. The van der Waals surface area contributed by atoms with Crippen molar-refractivity contribution in [2.45, 2.75) is 11.8 Å². The zero-order chi connectivity index (χ0) is 20.3. The van der Waals surface area contributed by atoms with E-state index >= 15 is 0 Å². The molecule has 2 N–H and O–H groups in total. The maximum atomic E-state index is 13.0. The lowest BCUT2D eigenvalue weighted by Gasteiger charge is -2.16. The van der Waals surface area contributed by atoms with E-state index in [9.17, 15) is 17.6 Å². The highest BCUT2D eigenvalue weighted by Gasteiger charge is 2.23. The molecule has 1 amide bonds. The van der Waals surface area contributed by atoms with Crippen LogP contribution in [-0.4, -0.2) is 47.4 Å². The number of nitrogens with one attached hydrogen (secondary N) is 2. The molecule has 1 heterocycles. The molecule has 0 bridgehead atoms. The van der Waals surface area contributed by atoms with E-state index in [4.69, 9.17) is 0 Å². The van der Waals surface area contributed by atoms with E-state index in [-0.39, 0.29) is 10.8 Å². The monoisotopic (exact) mass is 403 g/mol. The second-order valence-electron chi connectivity index (χ2n) is 6.14. The number of likely N-dealkylation sites (N-methyl/N-ethyl adjacent to an activating group) is 1. The minimum absolute atomic E-state index is 0.0353. The highest BCUT2D eigenvalue weighted by atomic mass is 32.2. The Balaban J connectivity index is 1.65. The van der Waals surface area contributed by atoms with Crippen LogP contribution in [0.1, 0.15) is 5.56 Å². The Kier molecular flexibility index (Phi) is 5.52. The van der Waals surface area contributed by atoms with Gasteiger partial charge >= 0.3 is 0 Å². The zero-order valence-electron chi connectivity index (χ0n) is 15.2. The quantitative estimate of drug-likeness (QED) is 0.656. The Morgan fingerprint density at radius 3 is 2.43 bits per heavy atom. The van der Waals surface area contributed by atoms with E-state index in [1.807, 2.05) is 31.2 Å². The molecule has 3 aromatic rings. The van der Waals surface area contributed by atoms with Crippen molar-refractivity contribution < 1.29 is 17.6 Å². The second-order valence-corrected chi connectivity index (χ2v) is 8.18. The van der Waals surface area contributed by atoms with Gasteiger partial charge in [-0.1, -0.05) is 29.8 Å². The molecule has 0 spiro atoms. The number of amides is 1. The van der Waals surface area contributed by atoms with Gasteiger partial charge in [0.15, 0.2) is 5.82 Å². The van der Waals surface area contributed by atoms with Crippen molar-refractivity contribution in [2.75, 3.05) is 18.9 Å². The number of rotatable bonds is 6. The van der Waals surface area contributed by atoms with Crippen LogP contribution in [0, 0.1) is 12.7 Å². The minimum atomic E-state index is -3.93. The summed E-state index contributed by atoms with van der Waals surface area (Å²) in [5.41, 5.74) is 1.90. The first kappa shape index (κ1) is 19.6. The molecule has 8 nitrogen and oxygen atoms in total. The first-order valence-electron chi connectivity index (χ1n) is 8.27. The topological polar surface area (TPSA) is 108 Å². The third kappa shape index (κ3) is 4.41. The van der Waals surface area contributed by atoms with Gasteiger partial charge in [-0.15, -0.1) is 5.10 Å². The molecular weight excluding hydrogens is 385 g/mol. The number of H-pyrrole nitrogens is 1. The van der Waals surface area contributed by atoms with Crippen LogP contribution in [0.3, 0.4) is 0 Å². The summed E-state index contributed by atoms with van der Waals surface area (Å²) in [6.45, 7) is 1.51. The lowest BCUT2D eigenvalue weighted by Crippen LogP contribution is -2.35. The Morgan fingerprint density at radius 1 is 1.14 bits per heavy atom. The van der Waals surface area contributed by atoms with Gasteiger partial charge in [-0.05, 0) is 31.2 Å². The summed E-state index contributed by atoms with van der Waals surface area (Å²) in [7, 11) is -2.67. The number of carbonyl (C=O) groups excluding carboxylic acids is 1. The van der Waals surface area contributed by atoms with E-state index in [0.717, 1.165) is 39.7 Å². The largest absolute Gasteiger partial charge is 0.292 e. The minimum Gasteiger partial charge on any atom is -0.292 e. The van der Waals surface area contributed by atoms with Crippen molar-refractivity contribution in [3.63, 3.8) is 0 Å². The Hall–Kier alpha value is -3.11. The van der Waals surface area contributed by atoms with Crippen molar-refractivity contribution >= 4 is 21.9 Å². The van der Waals surface area contributed by atoms with E-state index in [1.165, 1.54) is 7.05 Å². The molecule has 0 radical (unpaired) electrons. The predicted molar refractivity (Wildman–Crippen MR) is 101 cm³/mol. The number of sulfonamides is 1. The number of carbonyl (C=O) groups is 1. The molecule has 28 heavy (non-hydrogen) atoms. The highest BCUT2D eigenvalue weighted by molar-refractivity contribution is 7.89. The summed E-state index contributed by atoms with van der Waals surface area (Å²) in [6, 6.07) is 11.9. The number of aromatic amines is 1. The fraction of sp³-hybridized carbons (Fsp3) is 0.167. The molecule has 0 atom stereocenters. The molecule has 3 rings (SSSR count). The third-order valence-electron chi connectivity index (χ3n) is 3.95. The summed E-state index contributed by atoms with van der Waals surface area (Å²) in [5, 5.41) is 9.08. The first-order chi connectivity index (χ1) is 13.3. The summed E-state index contributed by atoms with van der Waals surface area (Å²) >= 11 is 0. The van der Waals surface area contributed by atoms with Crippen LogP contribution in [0.5, 0.6) is 0 Å². The van der Waals surface area contributed by atoms with Crippen LogP contribution in [-0.2, 0) is 14.8 Å². The SMILES string of the molecule is Cc1ccc(-c2nc(NC(=O)CN(C)S(=O)(=O)c3ccc(F)cc3)n[nH]2)cc1. The Bertz CT molecular complexity index is 1080. The lowest BCUT2D eigenvalue weighted by molar-refractivity contribution is -0.116. The van der Waals surface area contributed by atoms with Gasteiger partial charge in [0.1, 0.15) is 5.82 Å². The highest BCUT2D eigenvalue weighted by Crippen LogP contribution is 2.17. The van der Waals surface area contributed by atoms with Gasteiger partial charge in [-0.2, -0.15) is 9.29 Å². The van der Waals surface area contributed by atoms with Gasteiger partial charge in [0.2, 0.25) is 21.9 Å². The van der Waals surface area contributed by atoms with Crippen LogP contribution in [0.15, 0.2) is 53.4 Å². The molecule has 0 aliphatic heterocycles. The fourth-order valence-electron chi connectivity index (χ4n) is 2.40. The molecule has 0 fully saturated rings.